The number of rotatable bonds is 4. The van der Waals surface area contributed by atoms with Gasteiger partial charge in [-0.3, -0.25) is 9.59 Å². The Morgan fingerprint density at radius 1 is 1.42 bits per heavy atom. The Morgan fingerprint density at radius 3 is 2.47 bits per heavy atom. The molecule has 5 nitrogen and oxygen atoms in total. The second kappa shape index (κ2) is 6.37. The van der Waals surface area contributed by atoms with Gasteiger partial charge in [-0.25, -0.2) is 0 Å². The molecule has 2 unspecified atom stereocenters. The second-order valence-corrected chi connectivity index (χ2v) is 6.23. The Labute approximate surface area is 115 Å². The van der Waals surface area contributed by atoms with E-state index in [1.807, 2.05) is 20.8 Å². The van der Waals surface area contributed by atoms with E-state index in [2.05, 4.69) is 0 Å². The molecule has 0 aromatic heterocycles. The molecular formula is C14H26N2O3. The third kappa shape index (κ3) is 3.93. The van der Waals surface area contributed by atoms with Gasteiger partial charge in [-0.1, -0.05) is 20.8 Å². The first-order chi connectivity index (χ1) is 8.81. The van der Waals surface area contributed by atoms with Gasteiger partial charge in [-0.05, 0) is 31.2 Å². The van der Waals surface area contributed by atoms with E-state index < -0.39 is 17.3 Å². The Morgan fingerprint density at radius 2 is 2.05 bits per heavy atom. The molecule has 19 heavy (non-hydrogen) atoms. The van der Waals surface area contributed by atoms with Gasteiger partial charge in [0.2, 0.25) is 5.91 Å². The smallest absolute Gasteiger partial charge is 0.319 e. The predicted molar refractivity (Wildman–Crippen MR) is 73.3 cm³/mol. The molecule has 1 rings (SSSR count). The van der Waals surface area contributed by atoms with Gasteiger partial charge in [-0.15, -0.1) is 0 Å². The van der Waals surface area contributed by atoms with E-state index in [1.54, 1.807) is 11.8 Å². The molecule has 2 N–H and O–H groups in total. The van der Waals surface area contributed by atoms with Crippen molar-refractivity contribution in [3.63, 3.8) is 0 Å². The van der Waals surface area contributed by atoms with Crippen molar-refractivity contribution in [2.75, 3.05) is 26.2 Å². The molecular weight excluding hydrogens is 244 g/mol. The second-order valence-electron chi connectivity index (χ2n) is 6.23. The highest BCUT2D eigenvalue weighted by atomic mass is 16.5. The number of likely N-dealkylation sites (tertiary alicyclic amines) is 1. The van der Waals surface area contributed by atoms with Crippen molar-refractivity contribution in [3.05, 3.63) is 0 Å². The lowest BCUT2D eigenvalue weighted by molar-refractivity contribution is -0.160. The fraction of sp³-hybridized carbons (Fsp3) is 0.857. The fourth-order valence-electron chi connectivity index (χ4n) is 2.46. The Kier molecular flexibility index (Phi) is 5.35. The minimum absolute atomic E-state index is 0.123. The summed E-state index contributed by atoms with van der Waals surface area (Å²) in [4.78, 5) is 26.4. The number of hydrogen-bond acceptors (Lipinski definition) is 4. The summed E-state index contributed by atoms with van der Waals surface area (Å²) in [6, 6.07) is 0. The van der Waals surface area contributed by atoms with Crippen LogP contribution in [0.2, 0.25) is 0 Å². The van der Waals surface area contributed by atoms with Crippen LogP contribution in [0.3, 0.4) is 0 Å². The van der Waals surface area contributed by atoms with Crippen LogP contribution in [0.5, 0.6) is 0 Å². The number of nitrogens with two attached hydrogens (primary N) is 1. The zero-order valence-electron chi connectivity index (χ0n) is 12.4. The molecule has 0 spiro atoms. The average Bonchev–Trinajstić information content (AvgIpc) is 2.75. The van der Waals surface area contributed by atoms with Crippen molar-refractivity contribution in [3.8, 4) is 0 Å². The van der Waals surface area contributed by atoms with E-state index >= 15 is 0 Å². The highest BCUT2D eigenvalue weighted by molar-refractivity contribution is 5.98. The first-order valence-corrected chi connectivity index (χ1v) is 6.96. The topological polar surface area (TPSA) is 72.6 Å². The molecule has 2 atom stereocenters. The third-order valence-corrected chi connectivity index (χ3v) is 3.57. The zero-order chi connectivity index (χ0) is 14.6. The number of ether oxygens (including phenoxy) is 1. The molecule has 0 aromatic rings. The lowest BCUT2D eigenvalue weighted by atomic mass is 9.80. The summed E-state index contributed by atoms with van der Waals surface area (Å²) in [5, 5.41) is 0. The van der Waals surface area contributed by atoms with Gasteiger partial charge in [0.15, 0.2) is 0 Å². The van der Waals surface area contributed by atoms with Crippen molar-refractivity contribution in [1.29, 1.82) is 0 Å². The molecule has 1 saturated heterocycles. The molecule has 0 saturated carbocycles. The summed E-state index contributed by atoms with van der Waals surface area (Å²) in [5.41, 5.74) is 5.20. The van der Waals surface area contributed by atoms with Crippen molar-refractivity contribution >= 4 is 11.9 Å². The van der Waals surface area contributed by atoms with E-state index in [1.165, 1.54) is 0 Å². The van der Waals surface area contributed by atoms with Crippen LogP contribution in [0.4, 0.5) is 0 Å². The monoisotopic (exact) mass is 270 g/mol. The number of hydrogen-bond donors (Lipinski definition) is 1. The molecule has 0 aliphatic carbocycles. The Bertz CT molecular complexity index is 336. The van der Waals surface area contributed by atoms with Crippen LogP contribution in [-0.2, 0) is 14.3 Å². The van der Waals surface area contributed by atoms with Crippen LogP contribution in [-0.4, -0.2) is 43.0 Å². The fourth-order valence-corrected chi connectivity index (χ4v) is 2.46. The third-order valence-electron chi connectivity index (χ3n) is 3.57. The summed E-state index contributed by atoms with van der Waals surface area (Å²) in [7, 11) is 0. The number of amides is 1. The van der Waals surface area contributed by atoms with Crippen LogP contribution >= 0.6 is 0 Å². The molecule has 1 aliphatic rings. The molecule has 1 fully saturated rings. The van der Waals surface area contributed by atoms with E-state index in [9.17, 15) is 9.59 Å². The normalized spacial score (nSPS) is 21.3. The molecule has 1 heterocycles. The van der Waals surface area contributed by atoms with E-state index in [4.69, 9.17) is 10.5 Å². The SMILES string of the molecule is CCOC(=O)C(C(=O)N1CCC(CN)C1)C(C)(C)C. The molecule has 110 valence electrons. The number of esters is 1. The first-order valence-electron chi connectivity index (χ1n) is 6.96. The van der Waals surface area contributed by atoms with Gasteiger partial charge >= 0.3 is 5.97 Å². The standard InChI is InChI=1S/C14H26N2O3/c1-5-19-13(18)11(14(2,3)4)12(17)16-7-6-10(8-15)9-16/h10-11H,5-9,15H2,1-4H3. The summed E-state index contributed by atoms with van der Waals surface area (Å²) in [6.45, 7) is 9.65. The van der Waals surface area contributed by atoms with Gasteiger partial charge in [0.1, 0.15) is 5.92 Å². The van der Waals surface area contributed by atoms with Crippen LogP contribution in [0.25, 0.3) is 0 Å². The largest absolute Gasteiger partial charge is 0.465 e. The molecule has 1 amide bonds. The van der Waals surface area contributed by atoms with E-state index in [0.717, 1.165) is 6.42 Å². The van der Waals surface area contributed by atoms with Gasteiger partial charge in [-0.2, -0.15) is 0 Å². The zero-order valence-corrected chi connectivity index (χ0v) is 12.4. The van der Waals surface area contributed by atoms with Crippen molar-refractivity contribution in [2.24, 2.45) is 23.0 Å². The van der Waals surface area contributed by atoms with E-state index in [0.29, 0.717) is 32.2 Å². The van der Waals surface area contributed by atoms with Crippen LogP contribution < -0.4 is 5.73 Å². The maximum atomic E-state index is 12.6. The molecule has 1 aliphatic heterocycles. The lowest BCUT2D eigenvalue weighted by Gasteiger charge is -2.31. The quantitative estimate of drug-likeness (QED) is 0.611. The average molecular weight is 270 g/mol. The Hall–Kier alpha value is -1.10. The van der Waals surface area contributed by atoms with Gasteiger partial charge in [0.25, 0.3) is 0 Å². The van der Waals surface area contributed by atoms with Gasteiger partial charge in [0, 0.05) is 13.1 Å². The summed E-state index contributed by atoms with van der Waals surface area (Å²) < 4.78 is 5.05. The van der Waals surface area contributed by atoms with E-state index in [-0.39, 0.29) is 5.91 Å². The summed E-state index contributed by atoms with van der Waals surface area (Å²) in [6.07, 6.45) is 0.919. The van der Waals surface area contributed by atoms with Crippen molar-refractivity contribution in [1.82, 2.24) is 4.90 Å². The minimum atomic E-state index is -0.732. The van der Waals surface area contributed by atoms with Crippen LogP contribution in [0, 0.1) is 17.3 Å². The molecule has 0 aromatic carbocycles. The number of carbonyl (C=O) groups excluding carboxylic acids is 2. The predicted octanol–water partition coefficient (Wildman–Crippen LogP) is 1.02. The molecule has 5 heteroatoms. The van der Waals surface area contributed by atoms with Crippen molar-refractivity contribution in [2.45, 2.75) is 34.1 Å². The molecule has 0 radical (unpaired) electrons. The number of nitrogens with zero attached hydrogens (tertiary/aromatic N) is 1. The minimum Gasteiger partial charge on any atom is -0.465 e. The maximum Gasteiger partial charge on any atom is 0.319 e. The number of carbonyl (C=O) groups is 2. The lowest BCUT2D eigenvalue weighted by Crippen LogP contribution is -2.45. The maximum absolute atomic E-state index is 12.6. The summed E-state index contributed by atoms with van der Waals surface area (Å²) >= 11 is 0. The molecule has 0 bridgehead atoms. The van der Waals surface area contributed by atoms with Gasteiger partial charge in [0.05, 0.1) is 6.61 Å². The van der Waals surface area contributed by atoms with Crippen LogP contribution in [0.1, 0.15) is 34.1 Å². The van der Waals surface area contributed by atoms with Crippen LogP contribution in [0.15, 0.2) is 0 Å². The highest BCUT2D eigenvalue weighted by Crippen LogP contribution is 2.30. The van der Waals surface area contributed by atoms with Gasteiger partial charge < -0.3 is 15.4 Å². The first kappa shape index (κ1) is 16.0. The van der Waals surface area contributed by atoms with Crippen molar-refractivity contribution < 1.29 is 14.3 Å². The Balaban J connectivity index is 2.81. The highest BCUT2D eigenvalue weighted by Gasteiger charge is 2.42. The summed E-state index contributed by atoms with van der Waals surface area (Å²) in [5.74, 6) is -0.922.